The monoisotopic (exact) mass is 440 g/mol. The first-order valence-corrected chi connectivity index (χ1v) is 11.0. The van der Waals surface area contributed by atoms with Crippen LogP contribution in [0.3, 0.4) is 0 Å². The zero-order chi connectivity index (χ0) is 22.6. The largest absolute Gasteiger partial charge is 0.497 e. The first-order valence-electron chi connectivity index (χ1n) is 9.54. The molecule has 8 heteroatoms. The molecule has 3 aromatic rings. The van der Waals surface area contributed by atoms with Crippen molar-refractivity contribution in [3.05, 3.63) is 89.0 Å². The Bertz CT molecular complexity index is 1180. The fourth-order valence-corrected chi connectivity index (χ4v) is 4.97. The molecule has 0 aromatic heterocycles. The highest BCUT2D eigenvalue weighted by Crippen LogP contribution is 2.33. The van der Waals surface area contributed by atoms with Crippen LogP contribution in [0.15, 0.2) is 71.6 Å². The third-order valence-corrected chi connectivity index (χ3v) is 6.62. The van der Waals surface area contributed by atoms with E-state index < -0.39 is 15.9 Å². The van der Waals surface area contributed by atoms with E-state index in [0.717, 1.165) is 11.1 Å². The van der Waals surface area contributed by atoms with Crippen LogP contribution in [0.1, 0.15) is 27.0 Å². The Morgan fingerprint density at radius 2 is 1.68 bits per heavy atom. The van der Waals surface area contributed by atoms with Crippen molar-refractivity contribution in [1.29, 1.82) is 0 Å². The van der Waals surface area contributed by atoms with Gasteiger partial charge in [0.05, 0.1) is 29.8 Å². The number of hydrogen-bond donors (Lipinski definition) is 2. The second-order valence-corrected chi connectivity index (χ2v) is 8.95. The Labute approximate surface area is 181 Å². The normalized spacial score (nSPS) is 11.1. The standard InChI is InChI=1S/C23H24N2O5S/c1-16-13-17(2)22(21(14-16)23(26)24-27)25(15-18-7-5-4-6-8-18)31(28,29)20-11-9-19(30-3)10-12-20/h4-14,27H,15H2,1-3H3,(H,24,26). The lowest BCUT2D eigenvalue weighted by atomic mass is 10.0. The van der Waals surface area contributed by atoms with Gasteiger partial charge < -0.3 is 4.74 Å². The van der Waals surface area contributed by atoms with E-state index in [-0.39, 0.29) is 22.7 Å². The third-order valence-electron chi connectivity index (χ3n) is 4.86. The molecule has 0 saturated heterocycles. The number of carbonyl (C=O) groups excluding carboxylic acids is 1. The number of benzene rings is 3. The first-order chi connectivity index (χ1) is 14.8. The highest BCUT2D eigenvalue weighted by molar-refractivity contribution is 7.92. The summed E-state index contributed by atoms with van der Waals surface area (Å²) in [4.78, 5) is 12.5. The minimum atomic E-state index is -4.06. The summed E-state index contributed by atoms with van der Waals surface area (Å²) in [6.07, 6.45) is 0. The van der Waals surface area contributed by atoms with E-state index in [0.29, 0.717) is 11.3 Å². The topological polar surface area (TPSA) is 95.9 Å². The lowest BCUT2D eigenvalue weighted by Gasteiger charge is -2.28. The van der Waals surface area contributed by atoms with Crippen molar-refractivity contribution in [2.24, 2.45) is 0 Å². The van der Waals surface area contributed by atoms with Gasteiger partial charge in [0.15, 0.2) is 0 Å². The first kappa shape index (κ1) is 22.3. The molecule has 0 atom stereocenters. The van der Waals surface area contributed by atoms with Gasteiger partial charge in [-0.3, -0.25) is 14.3 Å². The Kier molecular flexibility index (Phi) is 6.62. The Hall–Kier alpha value is -3.36. The van der Waals surface area contributed by atoms with Gasteiger partial charge >= 0.3 is 0 Å². The molecule has 0 unspecified atom stereocenters. The van der Waals surface area contributed by atoms with Crippen molar-refractivity contribution in [1.82, 2.24) is 5.48 Å². The maximum Gasteiger partial charge on any atom is 0.276 e. The highest BCUT2D eigenvalue weighted by atomic mass is 32.2. The number of nitrogens with zero attached hydrogens (tertiary/aromatic N) is 1. The molecule has 0 bridgehead atoms. The van der Waals surface area contributed by atoms with Crippen LogP contribution in [0.25, 0.3) is 0 Å². The van der Waals surface area contributed by atoms with Crippen LogP contribution in [0, 0.1) is 13.8 Å². The number of anilines is 1. The van der Waals surface area contributed by atoms with Crippen LogP contribution in [0.4, 0.5) is 5.69 Å². The summed E-state index contributed by atoms with van der Waals surface area (Å²) >= 11 is 0. The summed E-state index contributed by atoms with van der Waals surface area (Å²) in [6.45, 7) is 3.53. The Balaban J connectivity index is 2.24. The lowest BCUT2D eigenvalue weighted by Crippen LogP contribution is -2.34. The molecule has 0 spiro atoms. The number of sulfonamides is 1. The van der Waals surface area contributed by atoms with Gasteiger partial charge in [-0.2, -0.15) is 0 Å². The summed E-state index contributed by atoms with van der Waals surface area (Å²) in [5.41, 5.74) is 3.99. The van der Waals surface area contributed by atoms with Gasteiger partial charge in [0.1, 0.15) is 5.75 Å². The number of ether oxygens (including phenoxy) is 1. The summed E-state index contributed by atoms with van der Waals surface area (Å²) in [6, 6.07) is 18.5. The Morgan fingerprint density at radius 3 is 2.26 bits per heavy atom. The van der Waals surface area contributed by atoms with Gasteiger partial charge in [-0.15, -0.1) is 0 Å². The molecule has 0 saturated carbocycles. The molecule has 7 nitrogen and oxygen atoms in total. The molecule has 1 amide bonds. The summed E-state index contributed by atoms with van der Waals surface area (Å²) in [5, 5.41) is 9.26. The van der Waals surface area contributed by atoms with Gasteiger partial charge in [0, 0.05) is 0 Å². The van der Waals surface area contributed by atoms with E-state index in [2.05, 4.69) is 0 Å². The quantitative estimate of drug-likeness (QED) is 0.430. The molecule has 0 radical (unpaired) electrons. The molecule has 31 heavy (non-hydrogen) atoms. The van der Waals surface area contributed by atoms with Gasteiger partial charge in [-0.25, -0.2) is 13.9 Å². The van der Waals surface area contributed by atoms with Crippen LogP contribution in [-0.2, 0) is 16.6 Å². The minimum Gasteiger partial charge on any atom is -0.497 e. The van der Waals surface area contributed by atoms with E-state index in [1.54, 1.807) is 43.6 Å². The summed E-state index contributed by atoms with van der Waals surface area (Å²) < 4.78 is 33.8. The van der Waals surface area contributed by atoms with Crippen LogP contribution in [-0.4, -0.2) is 26.6 Å². The molecule has 3 aromatic carbocycles. The predicted octanol–water partition coefficient (Wildman–Crippen LogP) is 3.83. The number of nitrogens with one attached hydrogen (secondary N) is 1. The van der Waals surface area contributed by atoms with Crippen molar-refractivity contribution < 1.29 is 23.2 Å². The molecule has 3 rings (SSSR count). The van der Waals surface area contributed by atoms with Gasteiger partial charge in [-0.05, 0) is 60.9 Å². The molecule has 0 fully saturated rings. The SMILES string of the molecule is COc1ccc(S(=O)(=O)N(Cc2ccccc2)c2c(C)cc(C)cc2C(=O)NO)cc1. The third kappa shape index (κ3) is 4.70. The van der Waals surface area contributed by atoms with E-state index in [9.17, 15) is 18.4 Å². The van der Waals surface area contributed by atoms with E-state index in [1.165, 1.54) is 23.5 Å². The van der Waals surface area contributed by atoms with E-state index >= 15 is 0 Å². The molecular formula is C23H24N2O5S. The fraction of sp³-hybridized carbons (Fsp3) is 0.174. The number of hydroxylamine groups is 1. The number of carbonyl (C=O) groups is 1. The average Bonchev–Trinajstić information content (AvgIpc) is 2.77. The number of rotatable bonds is 7. The number of hydrogen-bond acceptors (Lipinski definition) is 5. The van der Waals surface area contributed by atoms with Gasteiger partial charge in [-0.1, -0.05) is 36.4 Å². The summed E-state index contributed by atoms with van der Waals surface area (Å²) in [7, 11) is -2.56. The van der Waals surface area contributed by atoms with Crippen molar-refractivity contribution in [2.75, 3.05) is 11.4 Å². The molecule has 2 N–H and O–H groups in total. The fourth-order valence-electron chi connectivity index (χ4n) is 3.43. The zero-order valence-electron chi connectivity index (χ0n) is 17.5. The van der Waals surface area contributed by atoms with Crippen molar-refractivity contribution in [3.63, 3.8) is 0 Å². The zero-order valence-corrected chi connectivity index (χ0v) is 18.3. The number of amides is 1. The van der Waals surface area contributed by atoms with Crippen molar-refractivity contribution in [3.8, 4) is 5.75 Å². The van der Waals surface area contributed by atoms with Gasteiger partial charge in [0.25, 0.3) is 15.9 Å². The number of aryl methyl sites for hydroxylation is 2. The number of methoxy groups -OCH3 is 1. The molecule has 0 aliphatic heterocycles. The van der Waals surface area contributed by atoms with E-state index in [1.807, 2.05) is 30.3 Å². The smallest absolute Gasteiger partial charge is 0.276 e. The maximum absolute atomic E-state index is 13.7. The highest BCUT2D eigenvalue weighted by Gasteiger charge is 2.30. The predicted molar refractivity (Wildman–Crippen MR) is 118 cm³/mol. The van der Waals surface area contributed by atoms with Crippen LogP contribution in [0.5, 0.6) is 5.75 Å². The van der Waals surface area contributed by atoms with Gasteiger partial charge in [0.2, 0.25) is 0 Å². The minimum absolute atomic E-state index is 0.00477. The molecule has 0 aliphatic rings. The van der Waals surface area contributed by atoms with Crippen molar-refractivity contribution in [2.45, 2.75) is 25.3 Å². The summed E-state index contributed by atoms with van der Waals surface area (Å²) in [5.74, 6) is -0.259. The van der Waals surface area contributed by atoms with Crippen LogP contribution < -0.4 is 14.5 Å². The lowest BCUT2D eigenvalue weighted by molar-refractivity contribution is 0.0707. The molecule has 0 heterocycles. The molecule has 162 valence electrons. The average molecular weight is 441 g/mol. The Morgan fingerprint density at radius 1 is 1.03 bits per heavy atom. The second kappa shape index (κ2) is 9.20. The molecular weight excluding hydrogens is 416 g/mol. The van der Waals surface area contributed by atoms with Crippen molar-refractivity contribution >= 4 is 21.6 Å². The van der Waals surface area contributed by atoms with Crippen LogP contribution >= 0.6 is 0 Å². The van der Waals surface area contributed by atoms with Crippen LogP contribution in [0.2, 0.25) is 0 Å². The van der Waals surface area contributed by atoms with E-state index in [4.69, 9.17) is 4.74 Å². The second-order valence-electron chi connectivity index (χ2n) is 7.09. The maximum atomic E-state index is 13.7. The molecule has 0 aliphatic carbocycles.